The van der Waals surface area contributed by atoms with Crippen LogP contribution in [0.5, 0.6) is 0 Å². The van der Waals surface area contributed by atoms with Gasteiger partial charge in [0.15, 0.2) is 0 Å². The zero-order valence-corrected chi connectivity index (χ0v) is 12.5. The molecule has 0 aliphatic heterocycles. The van der Waals surface area contributed by atoms with Gasteiger partial charge in [-0.1, -0.05) is 12.2 Å². The minimum absolute atomic E-state index is 0.182. The number of nitrogens with two attached hydrogens (primary N) is 1. The van der Waals surface area contributed by atoms with Crippen LogP contribution >= 0.6 is 28.1 Å². The van der Waals surface area contributed by atoms with Crippen molar-refractivity contribution in [2.45, 2.75) is 0 Å². The van der Waals surface area contributed by atoms with E-state index in [4.69, 9.17) is 18.0 Å². The fraction of sp³-hybridized carbons (Fsp3) is 0. The highest BCUT2D eigenvalue weighted by molar-refractivity contribution is 9.10. The molecule has 0 fully saturated rings. The van der Waals surface area contributed by atoms with E-state index in [2.05, 4.69) is 26.2 Å². The number of hydrogen-bond acceptors (Lipinski definition) is 3. The van der Waals surface area contributed by atoms with E-state index in [1.807, 2.05) is 0 Å². The van der Waals surface area contributed by atoms with Gasteiger partial charge < -0.3 is 11.1 Å². The second-order valence-electron chi connectivity index (χ2n) is 3.87. The molecule has 0 radical (unpaired) electrons. The van der Waals surface area contributed by atoms with Crippen LogP contribution in [0.4, 0.5) is 10.1 Å². The number of rotatable bonds is 3. The van der Waals surface area contributed by atoms with Crippen LogP contribution < -0.4 is 11.1 Å². The highest BCUT2D eigenvalue weighted by Crippen LogP contribution is 2.23. The second-order valence-corrected chi connectivity index (χ2v) is 5.17. The van der Waals surface area contributed by atoms with Crippen molar-refractivity contribution in [3.05, 3.63) is 58.1 Å². The predicted molar refractivity (Wildman–Crippen MR) is 82.2 cm³/mol. The Balaban J connectivity index is 2.19. The molecule has 102 valence electrons. The minimum atomic E-state index is -0.453. The van der Waals surface area contributed by atoms with Crippen LogP contribution in [-0.2, 0) is 0 Å². The molecule has 0 aliphatic carbocycles. The van der Waals surface area contributed by atoms with E-state index in [-0.39, 0.29) is 10.7 Å². The number of carbonyl (C=O) groups excluding carboxylic acids is 1. The van der Waals surface area contributed by atoms with Gasteiger partial charge >= 0.3 is 0 Å². The summed E-state index contributed by atoms with van der Waals surface area (Å²) in [7, 11) is 0. The molecule has 4 nitrogen and oxygen atoms in total. The van der Waals surface area contributed by atoms with Crippen LogP contribution in [0.25, 0.3) is 0 Å². The summed E-state index contributed by atoms with van der Waals surface area (Å²) in [5.41, 5.74) is 6.53. The fourth-order valence-electron chi connectivity index (χ4n) is 1.45. The molecule has 1 heterocycles. The van der Waals surface area contributed by atoms with Gasteiger partial charge in [-0.05, 0) is 46.3 Å². The van der Waals surface area contributed by atoms with Crippen molar-refractivity contribution in [3.8, 4) is 0 Å². The molecule has 2 rings (SSSR count). The van der Waals surface area contributed by atoms with Crippen molar-refractivity contribution in [2.75, 3.05) is 5.32 Å². The molecule has 0 saturated heterocycles. The number of amides is 1. The average molecular weight is 354 g/mol. The van der Waals surface area contributed by atoms with Crippen LogP contribution in [0, 0.1) is 5.82 Å². The summed E-state index contributed by atoms with van der Waals surface area (Å²) in [4.78, 5) is 16.1. The molecule has 0 spiro atoms. The van der Waals surface area contributed by atoms with Gasteiger partial charge in [0.1, 0.15) is 16.5 Å². The van der Waals surface area contributed by atoms with Crippen molar-refractivity contribution < 1.29 is 9.18 Å². The molecular weight excluding hydrogens is 345 g/mol. The van der Waals surface area contributed by atoms with Crippen LogP contribution in [-0.4, -0.2) is 15.9 Å². The van der Waals surface area contributed by atoms with Crippen molar-refractivity contribution >= 4 is 44.7 Å². The third-order valence-electron chi connectivity index (χ3n) is 2.46. The van der Waals surface area contributed by atoms with E-state index in [1.54, 1.807) is 6.07 Å². The number of halogens is 2. The molecule has 3 N–H and O–H groups in total. The Kier molecular flexibility index (Phi) is 4.41. The first-order chi connectivity index (χ1) is 9.47. The monoisotopic (exact) mass is 353 g/mol. The Morgan fingerprint density at radius 2 is 2.10 bits per heavy atom. The summed E-state index contributed by atoms with van der Waals surface area (Å²) in [6.45, 7) is 0. The van der Waals surface area contributed by atoms with Gasteiger partial charge in [0.2, 0.25) is 0 Å². The lowest BCUT2D eigenvalue weighted by molar-refractivity contribution is 0.102. The van der Waals surface area contributed by atoms with Crippen molar-refractivity contribution in [1.82, 2.24) is 4.98 Å². The van der Waals surface area contributed by atoms with Gasteiger partial charge in [-0.15, -0.1) is 0 Å². The lowest BCUT2D eigenvalue weighted by Gasteiger charge is -2.07. The summed E-state index contributed by atoms with van der Waals surface area (Å²) < 4.78 is 13.7. The van der Waals surface area contributed by atoms with E-state index in [1.165, 1.54) is 30.5 Å². The molecule has 0 atom stereocenters. The number of anilines is 1. The number of nitrogens with one attached hydrogen (secondary N) is 1. The van der Waals surface area contributed by atoms with Crippen molar-refractivity contribution in [3.63, 3.8) is 0 Å². The average Bonchev–Trinajstić information content (AvgIpc) is 2.43. The third-order valence-corrected chi connectivity index (χ3v) is 3.38. The molecule has 0 saturated carbocycles. The zero-order valence-electron chi connectivity index (χ0n) is 10.1. The van der Waals surface area contributed by atoms with Gasteiger partial charge in [0.25, 0.3) is 5.91 Å². The Bertz CT molecular complexity index is 676. The number of aromatic nitrogens is 1. The van der Waals surface area contributed by atoms with Crippen LogP contribution in [0.1, 0.15) is 16.1 Å². The molecule has 0 bridgehead atoms. The molecule has 0 unspecified atom stereocenters. The SMILES string of the molecule is NC(=S)c1ccc(C(=O)Nc2cc(F)ccc2Br)nc1. The normalized spacial score (nSPS) is 10.1. The van der Waals surface area contributed by atoms with Gasteiger partial charge in [-0.2, -0.15) is 0 Å². The van der Waals surface area contributed by atoms with E-state index >= 15 is 0 Å². The molecule has 1 amide bonds. The van der Waals surface area contributed by atoms with Crippen molar-refractivity contribution in [2.24, 2.45) is 5.73 Å². The summed E-state index contributed by atoms with van der Waals surface area (Å²) in [5.74, 6) is -0.897. The molecule has 20 heavy (non-hydrogen) atoms. The van der Waals surface area contributed by atoms with Gasteiger partial charge in [0.05, 0.1) is 5.69 Å². The first-order valence-electron chi connectivity index (χ1n) is 5.49. The van der Waals surface area contributed by atoms with Crippen molar-refractivity contribution in [1.29, 1.82) is 0 Å². The first-order valence-corrected chi connectivity index (χ1v) is 6.70. The van der Waals surface area contributed by atoms with Crippen LogP contribution in [0.3, 0.4) is 0 Å². The molecule has 1 aromatic carbocycles. The molecule has 1 aromatic heterocycles. The molecule has 7 heteroatoms. The lowest BCUT2D eigenvalue weighted by atomic mass is 10.2. The minimum Gasteiger partial charge on any atom is -0.389 e. The fourth-order valence-corrected chi connectivity index (χ4v) is 1.92. The number of thiocarbonyl (C=S) groups is 1. The standard InChI is InChI=1S/C13H9BrFN3OS/c14-9-3-2-8(15)5-11(9)18-13(19)10-4-1-7(6-17-10)12(16)20/h1-6H,(H2,16,20)(H,18,19). The Labute approximate surface area is 128 Å². The number of hydrogen-bond donors (Lipinski definition) is 2. The topological polar surface area (TPSA) is 68.0 Å². The quantitative estimate of drug-likeness (QED) is 0.832. The smallest absolute Gasteiger partial charge is 0.274 e. The van der Waals surface area contributed by atoms with Crippen LogP contribution in [0.15, 0.2) is 41.0 Å². The summed E-state index contributed by atoms with van der Waals surface area (Å²) in [5, 5.41) is 2.56. The Morgan fingerprint density at radius 1 is 1.35 bits per heavy atom. The maximum Gasteiger partial charge on any atom is 0.274 e. The number of carbonyl (C=O) groups is 1. The summed E-state index contributed by atoms with van der Waals surface area (Å²) in [6, 6.07) is 7.11. The van der Waals surface area contributed by atoms with Gasteiger partial charge in [-0.25, -0.2) is 4.39 Å². The van der Waals surface area contributed by atoms with E-state index in [9.17, 15) is 9.18 Å². The molecular formula is C13H9BrFN3OS. The maximum absolute atomic E-state index is 13.1. The second kappa shape index (κ2) is 6.06. The summed E-state index contributed by atoms with van der Waals surface area (Å²) >= 11 is 8.02. The summed E-state index contributed by atoms with van der Waals surface area (Å²) in [6.07, 6.45) is 1.41. The Morgan fingerprint density at radius 3 is 2.70 bits per heavy atom. The highest BCUT2D eigenvalue weighted by atomic mass is 79.9. The largest absolute Gasteiger partial charge is 0.389 e. The predicted octanol–water partition coefficient (Wildman–Crippen LogP) is 2.87. The van der Waals surface area contributed by atoms with Gasteiger partial charge in [0, 0.05) is 16.2 Å². The van der Waals surface area contributed by atoms with Gasteiger partial charge in [-0.3, -0.25) is 9.78 Å². The van der Waals surface area contributed by atoms with E-state index in [0.717, 1.165) is 0 Å². The Hall–Kier alpha value is -1.86. The van der Waals surface area contributed by atoms with E-state index < -0.39 is 11.7 Å². The molecule has 0 aliphatic rings. The highest BCUT2D eigenvalue weighted by Gasteiger charge is 2.10. The lowest BCUT2D eigenvalue weighted by Crippen LogP contribution is -2.15. The zero-order chi connectivity index (χ0) is 14.7. The maximum atomic E-state index is 13.1. The van der Waals surface area contributed by atoms with E-state index in [0.29, 0.717) is 15.7 Å². The number of pyridine rings is 1. The first kappa shape index (κ1) is 14.5. The third kappa shape index (κ3) is 3.37. The number of nitrogens with zero attached hydrogens (tertiary/aromatic N) is 1. The molecule has 2 aromatic rings. The van der Waals surface area contributed by atoms with Crippen LogP contribution in [0.2, 0.25) is 0 Å². The number of benzene rings is 1.